The predicted molar refractivity (Wildman–Crippen MR) is 128 cm³/mol. The van der Waals surface area contributed by atoms with Gasteiger partial charge in [-0.3, -0.25) is 9.78 Å². The molecule has 0 aliphatic heterocycles. The summed E-state index contributed by atoms with van der Waals surface area (Å²) in [4.78, 5) is 21.1. The van der Waals surface area contributed by atoms with Crippen molar-refractivity contribution in [1.29, 1.82) is 0 Å². The Morgan fingerprint density at radius 1 is 0.848 bits per heavy atom. The Morgan fingerprint density at radius 2 is 1.64 bits per heavy atom. The van der Waals surface area contributed by atoms with E-state index in [0.717, 1.165) is 34.6 Å². The Balaban J connectivity index is 1.30. The van der Waals surface area contributed by atoms with E-state index >= 15 is 0 Å². The molecule has 0 radical (unpaired) electrons. The lowest BCUT2D eigenvalue weighted by molar-refractivity contribution is 0.0954. The number of carbonyl (C=O) groups excluding carboxylic acids is 1. The van der Waals surface area contributed by atoms with Gasteiger partial charge >= 0.3 is 0 Å². The summed E-state index contributed by atoms with van der Waals surface area (Å²) in [5, 5.41) is 10.8. The zero-order valence-electron chi connectivity index (χ0n) is 17.8. The first-order valence-electron chi connectivity index (χ1n) is 10.7. The highest BCUT2D eigenvalue weighted by Gasteiger charge is 2.11. The Hall–Kier alpha value is -4.52. The molecule has 7 heteroatoms. The van der Waals surface area contributed by atoms with Crippen molar-refractivity contribution < 1.29 is 4.79 Å². The Bertz CT molecular complexity index is 1360. The molecule has 0 saturated carbocycles. The lowest BCUT2D eigenvalue weighted by Gasteiger charge is -2.07. The van der Waals surface area contributed by atoms with E-state index in [1.807, 2.05) is 84.9 Å². The zero-order chi connectivity index (χ0) is 22.5. The van der Waals surface area contributed by atoms with Crippen LogP contribution in [0.15, 0.2) is 97.3 Å². The lowest BCUT2D eigenvalue weighted by atomic mass is 10.1. The normalized spacial score (nSPS) is 10.8. The fraction of sp³-hybridized carbons (Fsp3) is 0.0769. The van der Waals surface area contributed by atoms with Crippen molar-refractivity contribution in [3.8, 4) is 11.3 Å². The van der Waals surface area contributed by atoms with Crippen molar-refractivity contribution >= 4 is 23.2 Å². The van der Waals surface area contributed by atoms with E-state index in [1.54, 1.807) is 16.9 Å². The Kier molecular flexibility index (Phi) is 5.75. The number of para-hydroxylation sites is 1. The van der Waals surface area contributed by atoms with E-state index in [9.17, 15) is 4.79 Å². The van der Waals surface area contributed by atoms with Crippen LogP contribution in [0, 0.1) is 0 Å². The van der Waals surface area contributed by atoms with Crippen molar-refractivity contribution in [1.82, 2.24) is 24.9 Å². The molecule has 7 nitrogen and oxygen atoms in total. The summed E-state index contributed by atoms with van der Waals surface area (Å²) in [6.45, 7) is 0.569. The SMILES string of the molecule is O=C(NCCc1ccncc1)c1ccc(-c2cccc3nc(Nc4ccccc4)nn23)cc1. The summed E-state index contributed by atoms with van der Waals surface area (Å²) in [6, 6.07) is 27.1. The van der Waals surface area contributed by atoms with Gasteiger partial charge in [0.05, 0.1) is 5.69 Å². The molecule has 0 fully saturated rings. The number of hydrogen-bond acceptors (Lipinski definition) is 5. The number of amides is 1. The van der Waals surface area contributed by atoms with E-state index in [-0.39, 0.29) is 5.91 Å². The zero-order valence-corrected chi connectivity index (χ0v) is 17.8. The van der Waals surface area contributed by atoms with Crippen LogP contribution in [0.5, 0.6) is 0 Å². The van der Waals surface area contributed by atoms with Gasteiger partial charge in [-0.05, 0) is 60.5 Å². The molecule has 162 valence electrons. The fourth-order valence-corrected chi connectivity index (χ4v) is 3.59. The van der Waals surface area contributed by atoms with Crippen molar-refractivity contribution in [2.24, 2.45) is 0 Å². The van der Waals surface area contributed by atoms with Gasteiger partial charge < -0.3 is 10.6 Å². The van der Waals surface area contributed by atoms with Crippen LogP contribution in [0.4, 0.5) is 11.6 Å². The van der Waals surface area contributed by atoms with Crippen LogP contribution in [0.3, 0.4) is 0 Å². The van der Waals surface area contributed by atoms with Crippen LogP contribution in [0.2, 0.25) is 0 Å². The minimum absolute atomic E-state index is 0.0936. The van der Waals surface area contributed by atoms with Crippen molar-refractivity contribution in [3.05, 3.63) is 108 Å². The largest absolute Gasteiger partial charge is 0.352 e. The van der Waals surface area contributed by atoms with Crippen molar-refractivity contribution in [2.75, 3.05) is 11.9 Å². The van der Waals surface area contributed by atoms with E-state index in [2.05, 4.69) is 25.7 Å². The number of nitrogens with one attached hydrogen (secondary N) is 2. The lowest BCUT2D eigenvalue weighted by Crippen LogP contribution is -2.25. The van der Waals surface area contributed by atoms with Crippen LogP contribution in [0.25, 0.3) is 16.9 Å². The second-order valence-electron chi connectivity index (χ2n) is 7.55. The van der Waals surface area contributed by atoms with Crippen LogP contribution < -0.4 is 10.6 Å². The van der Waals surface area contributed by atoms with Crippen molar-refractivity contribution in [2.45, 2.75) is 6.42 Å². The number of pyridine rings is 2. The maximum absolute atomic E-state index is 12.5. The second-order valence-corrected chi connectivity index (χ2v) is 7.55. The smallest absolute Gasteiger partial charge is 0.251 e. The average molecular weight is 435 g/mol. The van der Waals surface area contributed by atoms with Gasteiger partial charge in [0, 0.05) is 35.8 Å². The van der Waals surface area contributed by atoms with Gasteiger partial charge in [-0.15, -0.1) is 5.10 Å². The molecule has 0 atom stereocenters. The maximum atomic E-state index is 12.5. The van der Waals surface area contributed by atoms with Gasteiger partial charge in [0.1, 0.15) is 0 Å². The van der Waals surface area contributed by atoms with Gasteiger partial charge in [0.2, 0.25) is 5.95 Å². The molecule has 5 rings (SSSR count). The van der Waals surface area contributed by atoms with Gasteiger partial charge in [0.25, 0.3) is 5.91 Å². The molecule has 5 aromatic rings. The first-order valence-corrected chi connectivity index (χ1v) is 10.7. The van der Waals surface area contributed by atoms with E-state index in [1.165, 1.54) is 0 Å². The molecule has 0 aliphatic rings. The summed E-state index contributed by atoms with van der Waals surface area (Å²) >= 11 is 0. The number of carbonyl (C=O) groups is 1. The molecule has 0 unspecified atom stereocenters. The summed E-state index contributed by atoms with van der Waals surface area (Å²) < 4.78 is 1.80. The van der Waals surface area contributed by atoms with Gasteiger partial charge in [-0.1, -0.05) is 36.4 Å². The molecule has 2 aromatic carbocycles. The highest BCUT2D eigenvalue weighted by molar-refractivity contribution is 5.94. The van der Waals surface area contributed by atoms with E-state index in [4.69, 9.17) is 0 Å². The molecule has 0 spiro atoms. The quantitative estimate of drug-likeness (QED) is 0.394. The third-order valence-electron chi connectivity index (χ3n) is 5.28. The Morgan fingerprint density at radius 3 is 2.42 bits per heavy atom. The van der Waals surface area contributed by atoms with Crippen LogP contribution >= 0.6 is 0 Å². The fourth-order valence-electron chi connectivity index (χ4n) is 3.59. The van der Waals surface area contributed by atoms with E-state index in [0.29, 0.717) is 18.1 Å². The molecule has 0 bridgehead atoms. The summed E-state index contributed by atoms with van der Waals surface area (Å²) in [7, 11) is 0. The number of rotatable bonds is 7. The van der Waals surface area contributed by atoms with Gasteiger partial charge in [-0.2, -0.15) is 4.98 Å². The summed E-state index contributed by atoms with van der Waals surface area (Å²) in [5.74, 6) is 0.433. The third-order valence-corrected chi connectivity index (χ3v) is 5.28. The predicted octanol–water partition coefficient (Wildman–Crippen LogP) is 4.51. The molecule has 3 aromatic heterocycles. The van der Waals surface area contributed by atoms with Crippen LogP contribution in [-0.4, -0.2) is 32.0 Å². The topological polar surface area (TPSA) is 84.2 Å². The molecule has 2 N–H and O–H groups in total. The monoisotopic (exact) mass is 434 g/mol. The molecular weight excluding hydrogens is 412 g/mol. The summed E-state index contributed by atoms with van der Waals surface area (Å²) in [6.07, 6.45) is 4.28. The molecule has 0 saturated heterocycles. The van der Waals surface area contributed by atoms with Gasteiger partial charge in [-0.25, -0.2) is 4.52 Å². The number of anilines is 2. The number of hydrogen-bond donors (Lipinski definition) is 2. The van der Waals surface area contributed by atoms with Crippen LogP contribution in [0.1, 0.15) is 15.9 Å². The maximum Gasteiger partial charge on any atom is 0.251 e. The molecule has 33 heavy (non-hydrogen) atoms. The number of fused-ring (bicyclic) bond motifs is 1. The number of nitrogens with zero attached hydrogens (tertiary/aromatic N) is 4. The highest BCUT2D eigenvalue weighted by Crippen LogP contribution is 2.22. The van der Waals surface area contributed by atoms with Crippen molar-refractivity contribution in [3.63, 3.8) is 0 Å². The standard InChI is InChI=1S/C26H22N6O/c33-25(28-18-15-19-13-16-27-17-14-19)21-11-9-20(10-12-21)23-7-4-8-24-30-26(31-32(23)24)29-22-5-2-1-3-6-22/h1-14,16-17H,15,18H2,(H,28,33)(H,29,31). The molecule has 3 heterocycles. The molecule has 1 amide bonds. The first-order chi connectivity index (χ1) is 16.3. The minimum atomic E-state index is -0.0936. The first kappa shape index (κ1) is 20.4. The Labute approximate surface area is 191 Å². The highest BCUT2D eigenvalue weighted by atomic mass is 16.1. The molecular formula is C26H22N6O. The third kappa shape index (κ3) is 4.72. The molecule has 0 aliphatic carbocycles. The number of aromatic nitrogens is 4. The van der Waals surface area contributed by atoms with E-state index < -0.39 is 0 Å². The average Bonchev–Trinajstić information content (AvgIpc) is 3.28. The second kappa shape index (κ2) is 9.32. The minimum Gasteiger partial charge on any atom is -0.352 e. The number of benzene rings is 2. The summed E-state index contributed by atoms with van der Waals surface area (Å²) in [5.41, 5.74) is 5.27. The van der Waals surface area contributed by atoms with Gasteiger partial charge in [0.15, 0.2) is 5.65 Å². The van der Waals surface area contributed by atoms with Crippen LogP contribution in [-0.2, 0) is 6.42 Å².